The lowest BCUT2D eigenvalue weighted by molar-refractivity contribution is 0.259. The van der Waals surface area contributed by atoms with Gasteiger partial charge < -0.3 is 20.3 Å². The molecule has 6 heteroatoms. The molecule has 1 aromatic heterocycles. The standard InChI is InChI=1S/C20H30N4OS/c1-5-17-10-11-18(26-17)15-23-20(21-2)22-14-16-8-6-7-9-19(16)25-13-12-24(3)4/h6-11H,5,12-15H2,1-4H3,(H2,21,22,23). The molecule has 2 N–H and O–H groups in total. The number of ether oxygens (including phenoxy) is 1. The summed E-state index contributed by atoms with van der Waals surface area (Å²) < 4.78 is 5.92. The van der Waals surface area contributed by atoms with E-state index in [4.69, 9.17) is 4.74 Å². The summed E-state index contributed by atoms with van der Waals surface area (Å²) in [6.45, 7) is 5.20. The van der Waals surface area contributed by atoms with Crippen molar-refractivity contribution in [2.75, 3.05) is 34.3 Å². The van der Waals surface area contributed by atoms with Gasteiger partial charge in [0, 0.05) is 35.5 Å². The SMILES string of the molecule is CCc1ccc(CNC(=NC)NCc2ccccc2OCCN(C)C)s1. The Morgan fingerprint density at radius 1 is 1.08 bits per heavy atom. The van der Waals surface area contributed by atoms with Gasteiger partial charge in [-0.3, -0.25) is 4.99 Å². The molecule has 26 heavy (non-hydrogen) atoms. The van der Waals surface area contributed by atoms with E-state index < -0.39 is 0 Å². The predicted molar refractivity (Wildman–Crippen MR) is 111 cm³/mol. The number of nitrogens with zero attached hydrogens (tertiary/aromatic N) is 2. The summed E-state index contributed by atoms with van der Waals surface area (Å²) in [4.78, 5) is 9.15. The summed E-state index contributed by atoms with van der Waals surface area (Å²) >= 11 is 1.84. The van der Waals surface area contributed by atoms with E-state index in [0.29, 0.717) is 13.2 Å². The number of guanidine groups is 1. The number of benzene rings is 1. The van der Waals surface area contributed by atoms with Crippen LogP contribution in [0.15, 0.2) is 41.4 Å². The third kappa shape index (κ3) is 6.69. The molecule has 0 fully saturated rings. The van der Waals surface area contributed by atoms with Crippen molar-refractivity contribution in [2.24, 2.45) is 4.99 Å². The predicted octanol–water partition coefficient (Wildman–Crippen LogP) is 3.12. The van der Waals surface area contributed by atoms with Crippen LogP contribution in [-0.2, 0) is 19.5 Å². The van der Waals surface area contributed by atoms with E-state index in [1.54, 1.807) is 7.05 Å². The molecular formula is C20H30N4OS. The first kappa shape index (κ1) is 20.3. The molecule has 2 rings (SSSR count). The van der Waals surface area contributed by atoms with Crippen molar-refractivity contribution in [2.45, 2.75) is 26.4 Å². The van der Waals surface area contributed by atoms with Gasteiger partial charge in [-0.2, -0.15) is 0 Å². The zero-order valence-corrected chi connectivity index (χ0v) is 17.0. The van der Waals surface area contributed by atoms with Crippen LogP contribution in [0.5, 0.6) is 5.75 Å². The molecule has 0 bridgehead atoms. The fraction of sp³-hybridized carbons (Fsp3) is 0.450. The number of aryl methyl sites for hydroxylation is 1. The lowest BCUT2D eigenvalue weighted by Crippen LogP contribution is -2.36. The van der Waals surface area contributed by atoms with Gasteiger partial charge in [-0.1, -0.05) is 25.1 Å². The van der Waals surface area contributed by atoms with Crippen molar-refractivity contribution in [3.05, 3.63) is 51.7 Å². The molecule has 0 unspecified atom stereocenters. The fourth-order valence-electron chi connectivity index (χ4n) is 2.41. The number of para-hydroxylation sites is 1. The molecule has 142 valence electrons. The molecule has 0 saturated heterocycles. The summed E-state index contributed by atoms with van der Waals surface area (Å²) in [6.07, 6.45) is 1.09. The van der Waals surface area contributed by atoms with Gasteiger partial charge >= 0.3 is 0 Å². The third-order valence-electron chi connectivity index (χ3n) is 3.93. The smallest absolute Gasteiger partial charge is 0.191 e. The number of hydrogen-bond donors (Lipinski definition) is 2. The molecule has 0 aliphatic carbocycles. The molecule has 0 amide bonds. The number of nitrogens with one attached hydrogen (secondary N) is 2. The van der Waals surface area contributed by atoms with E-state index in [1.807, 2.05) is 43.6 Å². The highest BCUT2D eigenvalue weighted by molar-refractivity contribution is 7.11. The van der Waals surface area contributed by atoms with E-state index in [0.717, 1.165) is 36.8 Å². The summed E-state index contributed by atoms with van der Waals surface area (Å²) in [5.74, 6) is 1.71. The van der Waals surface area contributed by atoms with E-state index >= 15 is 0 Å². The molecule has 0 radical (unpaired) electrons. The van der Waals surface area contributed by atoms with Crippen molar-refractivity contribution in [3.63, 3.8) is 0 Å². The van der Waals surface area contributed by atoms with Crippen LogP contribution in [0.25, 0.3) is 0 Å². The molecule has 0 atom stereocenters. The first-order valence-corrected chi connectivity index (χ1v) is 9.81. The highest BCUT2D eigenvalue weighted by Gasteiger charge is 2.06. The van der Waals surface area contributed by atoms with Crippen LogP contribution in [-0.4, -0.2) is 45.2 Å². The molecule has 0 spiro atoms. The van der Waals surface area contributed by atoms with Crippen LogP contribution < -0.4 is 15.4 Å². The van der Waals surface area contributed by atoms with Gasteiger partial charge in [0.25, 0.3) is 0 Å². The summed E-state index contributed by atoms with van der Waals surface area (Å²) in [7, 11) is 5.88. The second-order valence-electron chi connectivity index (χ2n) is 6.26. The monoisotopic (exact) mass is 374 g/mol. The Balaban J connectivity index is 1.85. The van der Waals surface area contributed by atoms with Crippen molar-refractivity contribution < 1.29 is 4.74 Å². The van der Waals surface area contributed by atoms with Crippen LogP contribution in [0.2, 0.25) is 0 Å². The molecule has 2 aromatic rings. The Hall–Kier alpha value is -2.05. The summed E-state index contributed by atoms with van der Waals surface area (Å²) in [5.41, 5.74) is 1.12. The maximum Gasteiger partial charge on any atom is 0.191 e. The lowest BCUT2D eigenvalue weighted by Gasteiger charge is -2.16. The topological polar surface area (TPSA) is 48.9 Å². The molecule has 5 nitrogen and oxygen atoms in total. The highest BCUT2D eigenvalue weighted by Crippen LogP contribution is 2.18. The molecule has 0 aliphatic heterocycles. The number of rotatable bonds is 9. The normalized spacial score (nSPS) is 11.7. The van der Waals surface area contributed by atoms with E-state index in [2.05, 4.69) is 45.6 Å². The average molecular weight is 375 g/mol. The Morgan fingerprint density at radius 3 is 2.50 bits per heavy atom. The minimum Gasteiger partial charge on any atom is -0.492 e. The third-order valence-corrected chi connectivity index (χ3v) is 5.16. The molecule has 1 heterocycles. The van der Waals surface area contributed by atoms with Gasteiger partial charge in [-0.15, -0.1) is 11.3 Å². The molecular weight excluding hydrogens is 344 g/mol. The Labute approximate surface area is 161 Å². The average Bonchev–Trinajstić information content (AvgIpc) is 3.11. The second kappa shape index (κ2) is 10.8. The van der Waals surface area contributed by atoms with Crippen molar-refractivity contribution in [1.29, 1.82) is 0 Å². The van der Waals surface area contributed by atoms with Crippen LogP contribution in [0, 0.1) is 0 Å². The van der Waals surface area contributed by atoms with Gasteiger partial charge in [-0.25, -0.2) is 0 Å². The first-order chi connectivity index (χ1) is 12.6. The van der Waals surface area contributed by atoms with Crippen molar-refractivity contribution >= 4 is 17.3 Å². The fourth-order valence-corrected chi connectivity index (χ4v) is 3.30. The van der Waals surface area contributed by atoms with Crippen molar-refractivity contribution in [3.8, 4) is 5.75 Å². The summed E-state index contributed by atoms with van der Waals surface area (Å²) in [5, 5.41) is 6.74. The minimum atomic E-state index is 0.669. The van der Waals surface area contributed by atoms with Gasteiger partial charge in [0.15, 0.2) is 5.96 Å². The maximum absolute atomic E-state index is 5.92. The minimum absolute atomic E-state index is 0.669. The van der Waals surface area contributed by atoms with Crippen molar-refractivity contribution in [1.82, 2.24) is 15.5 Å². The summed E-state index contributed by atoms with van der Waals surface area (Å²) in [6, 6.07) is 12.5. The molecule has 0 saturated carbocycles. The van der Waals surface area contributed by atoms with Gasteiger partial charge in [0.05, 0.1) is 6.54 Å². The number of thiophene rings is 1. The highest BCUT2D eigenvalue weighted by atomic mass is 32.1. The largest absolute Gasteiger partial charge is 0.492 e. The van der Waals surface area contributed by atoms with Crippen LogP contribution in [0.3, 0.4) is 0 Å². The maximum atomic E-state index is 5.92. The first-order valence-electron chi connectivity index (χ1n) is 9.00. The molecule has 1 aromatic carbocycles. The zero-order valence-electron chi connectivity index (χ0n) is 16.2. The van der Waals surface area contributed by atoms with Gasteiger partial charge in [-0.05, 0) is 38.7 Å². The lowest BCUT2D eigenvalue weighted by atomic mass is 10.2. The molecule has 0 aliphatic rings. The second-order valence-corrected chi connectivity index (χ2v) is 7.51. The van der Waals surface area contributed by atoms with Gasteiger partial charge in [0.2, 0.25) is 0 Å². The number of hydrogen-bond acceptors (Lipinski definition) is 4. The Kier molecular flexibility index (Phi) is 8.44. The Bertz CT molecular complexity index is 697. The number of likely N-dealkylation sites (N-methyl/N-ethyl adjacent to an activating group) is 1. The van der Waals surface area contributed by atoms with E-state index in [9.17, 15) is 0 Å². The van der Waals surface area contributed by atoms with E-state index in [-0.39, 0.29) is 0 Å². The van der Waals surface area contributed by atoms with E-state index in [1.165, 1.54) is 9.75 Å². The zero-order chi connectivity index (χ0) is 18.8. The number of aliphatic imine (C=N–C) groups is 1. The van der Waals surface area contributed by atoms with Crippen LogP contribution in [0.4, 0.5) is 0 Å². The quantitative estimate of drug-likeness (QED) is 0.523. The van der Waals surface area contributed by atoms with Crippen LogP contribution >= 0.6 is 11.3 Å². The Morgan fingerprint density at radius 2 is 1.81 bits per heavy atom. The van der Waals surface area contributed by atoms with Gasteiger partial charge in [0.1, 0.15) is 12.4 Å². The van der Waals surface area contributed by atoms with Crippen LogP contribution in [0.1, 0.15) is 22.2 Å².